The topological polar surface area (TPSA) is 72.5 Å². The molecule has 1 aliphatic rings. The Morgan fingerprint density at radius 1 is 1.46 bits per heavy atom. The van der Waals surface area contributed by atoms with E-state index in [-0.39, 0.29) is 12.7 Å². The lowest BCUT2D eigenvalue weighted by molar-refractivity contribution is -0.140. The summed E-state index contributed by atoms with van der Waals surface area (Å²) in [6.45, 7) is 0.139. The molecule has 0 aromatic rings. The number of aliphatic carboxylic acids is 1. The molecule has 3 N–H and O–H groups in total. The van der Waals surface area contributed by atoms with E-state index in [1.165, 1.54) is 19.3 Å². The lowest BCUT2D eigenvalue weighted by atomic mass is 9.98. The summed E-state index contributed by atoms with van der Waals surface area (Å²) in [4.78, 5) is 10.4. The Bertz CT molecular complexity index is 166. The van der Waals surface area contributed by atoms with E-state index in [0.29, 0.717) is 0 Å². The molecule has 0 saturated heterocycles. The first-order chi connectivity index (χ1) is 6.20. The molecule has 0 heterocycles. The van der Waals surface area contributed by atoms with Crippen LogP contribution >= 0.6 is 0 Å². The zero-order chi connectivity index (χ0) is 9.68. The lowest BCUT2D eigenvalue weighted by Crippen LogP contribution is -2.36. The van der Waals surface area contributed by atoms with Crippen LogP contribution in [-0.4, -0.2) is 29.8 Å². The highest BCUT2D eigenvalue weighted by atomic mass is 16.5. The third-order valence-corrected chi connectivity index (χ3v) is 2.38. The first-order valence-corrected chi connectivity index (χ1v) is 4.80. The molecule has 1 rings (SSSR count). The Morgan fingerprint density at radius 3 is 2.62 bits per heavy atom. The van der Waals surface area contributed by atoms with Gasteiger partial charge in [-0.05, 0) is 12.8 Å². The van der Waals surface area contributed by atoms with Crippen LogP contribution in [-0.2, 0) is 9.53 Å². The predicted octanol–water partition coefficient (Wildman–Crippen LogP) is 0.748. The number of hydrogen-bond acceptors (Lipinski definition) is 3. The monoisotopic (exact) mass is 187 g/mol. The zero-order valence-electron chi connectivity index (χ0n) is 7.74. The number of carbonyl (C=O) groups is 1. The van der Waals surface area contributed by atoms with E-state index in [4.69, 9.17) is 15.6 Å². The third-order valence-electron chi connectivity index (χ3n) is 2.38. The van der Waals surface area contributed by atoms with Gasteiger partial charge in [-0.3, -0.25) is 4.79 Å². The van der Waals surface area contributed by atoms with E-state index in [9.17, 15) is 4.79 Å². The minimum absolute atomic E-state index is 0.139. The van der Waals surface area contributed by atoms with Crippen LogP contribution in [0.25, 0.3) is 0 Å². The van der Waals surface area contributed by atoms with Gasteiger partial charge in [0.1, 0.15) is 6.04 Å². The summed E-state index contributed by atoms with van der Waals surface area (Å²) in [5, 5.41) is 8.51. The molecule has 4 heteroatoms. The van der Waals surface area contributed by atoms with Crippen LogP contribution in [0.15, 0.2) is 0 Å². The maximum absolute atomic E-state index is 10.4. The van der Waals surface area contributed by atoms with Gasteiger partial charge in [-0.15, -0.1) is 0 Å². The normalized spacial score (nSPS) is 21.3. The van der Waals surface area contributed by atoms with Crippen molar-refractivity contribution in [2.75, 3.05) is 6.61 Å². The lowest BCUT2D eigenvalue weighted by Gasteiger charge is -2.22. The van der Waals surface area contributed by atoms with Crippen LogP contribution in [0.1, 0.15) is 32.1 Å². The highest BCUT2D eigenvalue weighted by Crippen LogP contribution is 2.20. The molecule has 0 unspecified atom stereocenters. The quantitative estimate of drug-likeness (QED) is 0.681. The fraction of sp³-hybridized carbons (Fsp3) is 0.889. The zero-order valence-corrected chi connectivity index (χ0v) is 7.74. The van der Waals surface area contributed by atoms with Crippen LogP contribution in [0.2, 0.25) is 0 Å². The maximum atomic E-state index is 10.4. The van der Waals surface area contributed by atoms with Gasteiger partial charge in [0.15, 0.2) is 0 Å². The molecule has 0 bridgehead atoms. The number of ether oxygens (including phenoxy) is 1. The fourth-order valence-electron chi connectivity index (χ4n) is 1.54. The third kappa shape index (κ3) is 3.74. The van der Waals surface area contributed by atoms with Crippen molar-refractivity contribution < 1.29 is 14.6 Å². The molecular formula is C9H17NO3. The molecule has 0 aromatic heterocycles. The average Bonchev–Trinajstić information content (AvgIpc) is 2.15. The standard InChI is InChI=1S/C9H17NO3/c10-8(9(11)12)6-13-7-4-2-1-3-5-7/h7-8H,1-6,10H2,(H,11,12)/t8-/m1/s1. The van der Waals surface area contributed by atoms with Crippen molar-refractivity contribution in [2.24, 2.45) is 5.73 Å². The summed E-state index contributed by atoms with van der Waals surface area (Å²) >= 11 is 0. The fourth-order valence-corrected chi connectivity index (χ4v) is 1.54. The van der Waals surface area contributed by atoms with Crippen molar-refractivity contribution in [3.05, 3.63) is 0 Å². The van der Waals surface area contributed by atoms with Crippen molar-refractivity contribution >= 4 is 5.97 Å². The average molecular weight is 187 g/mol. The summed E-state index contributed by atoms with van der Waals surface area (Å²) < 4.78 is 5.40. The molecule has 0 spiro atoms. The first-order valence-electron chi connectivity index (χ1n) is 4.80. The Labute approximate surface area is 78.1 Å². The largest absolute Gasteiger partial charge is 0.480 e. The minimum Gasteiger partial charge on any atom is -0.480 e. The summed E-state index contributed by atoms with van der Waals surface area (Å²) in [6, 6.07) is -0.873. The van der Waals surface area contributed by atoms with Gasteiger partial charge >= 0.3 is 5.97 Å². The van der Waals surface area contributed by atoms with Gasteiger partial charge in [-0.1, -0.05) is 19.3 Å². The van der Waals surface area contributed by atoms with Crippen LogP contribution in [0, 0.1) is 0 Å². The van der Waals surface area contributed by atoms with Crippen LogP contribution in [0.5, 0.6) is 0 Å². The Kier molecular flexibility index (Phi) is 4.18. The number of carboxylic acid groups (broad SMARTS) is 1. The SMILES string of the molecule is N[C@H](COC1CCCCC1)C(=O)O. The van der Waals surface area contributed by atoms with Gasteiger partial charge < -0.3 is 15.6 Å². The number of rotatable bonds is 4. The van der Waals surface area contributed by atoms with Crippen LogP contribution in [0.4, 0.5) is 0 Å². The maximum Gasteiger partial charge on any atom is 0.322 e. The van der Waals surface area contributed by atoms with Gasteiger partial charge in [0.25, 0.3) is 0 Å². The molecule has 1 saturated carbocycles. The highest BCUT2D eigenvalue weighted by molar-refractivity contribution is 5.73. The Balaban J connectivity index is 2.13. The van der Waals surface area contributed by atoms with E-state index in [1.807, 2.05) is 0 Å². The molecule has 0 radical (unpaired) electrons. The van der Waals surface area contributed by atoms with E-state index < -0.39 is 12.0 Å². The summed E-state index contributed by atoms with van der Waals surface area (Å²) in [6.07, 6.45) is 5.97. The van der Waals surface area contributed by atoms with Crippen molar-refractivity contribution in [1.29, 1.82) is 0 Å². The molecule has 4 nitrogen and oxygen atoms in total. The molecule has 0 aromatic carbocycles. The van der Waals surface area contributed by atoms with Gasteiger partial charge in [0.05, 0.1) is 12.7 Å². The summed E-state index contributed by atoms with van der Waals surface area (Å²) in [5.74, 6) is -0.990. The van der Waals surface area contributed by atoms with Gasteiger partial charge in [0, 0.05) is 0 Å². The van der Waals surface area contributed by atoms with Gasteiger partial charge in [0.2, 0.25) is 0 Å². The van der Waals surface area contributed by atoms with Crippen LogP contribution < -0.4 is 5.73 Å². The van der Waals surface area contributed by atoms with Crippen molar-refractivity contribution in [2.45, 2.75) is 44.2 Å². The van der Waals surface area contributed by atoms with E-state index in [2.05, 4.69) is 0 Å². The minimum atomic E-state index is -0.990. The van der Waals surface area contributed by atoms with Crippen molar-refractivity contribution in [3.63, 3.8) is 0 Å². The molecule has 0 aliphatic heterocycles. The highest BCUT2D eigenvalue weighted by Gasteiger charge is 2.17. The second kappa shape index (κ2) is 5.19. The molecule has 0 amide bonds. The van der Waals surface area contributed by atoms with E-state index >= 15 is 0 Å². The molecule has 1 aliphatic carbocycles. The van der Waals surface area contributed by atoms with E-state index in [0.717, 1.165) is 12.8 Å². The number of carboxylic acids is 1. The Hall–Kier alpha value is -0.610. The summed E-state index contributed by atoms with van der Waals surface area (Å²) in [7, 11) is 0. The van der Waals surface area contributed by atoms with Crippen LogP contribution in [0.3, 0.4) is 0 Å². The van der Waals surface area contributed by atoms with Gasteiger partial charge in [-0.25, -0.2) is 0 Å². The predicted molar refractivity (Wildman–Crippen MR) is 48.4 cm³/mol. The summed E-state index contributed by atoms with van der Waals surface area (Å²) in [5.41, 5.74) is 5.31. The smallest absolute Gasteiger partial charge is 0.322 e. The number of nitrogens with two attached hydrogens (primary N) is 1. The van der Waals surface area contributed by atoms with E-state index in [1.54, 1.807) is 0 Å². The number of hydrogen-bond donors (Lipinski definition) is 2. The second-order valence-electron chi connectivity index (χ2n) is 3.54. The van der Waals surface area contributed by atoms with Gasteiger partial charge in [-0.2, -0.15) is 0 Å². The first kappa shape index (κ1) is 10.5. The molecule has 1 atom stereocenters. The molecular weight excluding hydrogens is 170 g/mol. The molecule has 13 heavy (non-hydrogen) atoms. The van der Waals surface area contributed by atoms with Crippen molar-refractivity contribution in [1.82, 2.24) is 0 Å². The molecule has 1 fully saturated rings. The second-order valence-corrected chi connectivity index (χ2v) is 3.54. The van der Waals surface area contributed by atoms with Crippen molar-refractivity contribution in [3.8, 4) is 0 Å². The Morgan fingerprint density at radius 2 is 2.08 bits per heavy atom. The molecule has 76 valence electrons.